The van der Waals surface area contributed by atoms with Crippen LogP contribution in [0.2, 0.25) is 0 Å². The summed E-state index contributed by atoms with van der Waals surface area (Å²) in [6.07, 6.45) is 0. The van der Waals surface area contributed by atoms with Gasteiger partial charge < -0.3 is 9.72 Å². The number of aromatic nitrogens is 1. The molecule has 2 aromatic rings. The van der Waals surface area contributed by atoms with Crippen LogP contribution in [0.3, 0.4) is 0 Å². The third-order valence-electron chi connectivity index (χ3n) is 3.84. The van der Waals surface area contributed by atoms with Gasteiger partial charge in [-0.25, -0.2) is 4.39 Å². The molecule has 1 aromatic heterocycles. The van der Waals surface area contributed by atoms with Crippen molar-refractivity contribution in [2.75, 3.05) is 6.61 Å². The van der Waals surface area contributed by atoms with Crippen LogP contribution in [0.4, 0.5) is 4.39 Å². The number of thioether (sulfide) groups is 1. The lowest BCUT2D eigenvalue weighted by atomic mass is 9.83. The second-order valence-corrected chi connectivity index (χ2v) is 7.31. The number of carbonyl (C=O) groups excluding carboxylic acids is 1. The smallest absolute Gasteiger partial charge is 0.311 e. The number of hydrogen-bond acceptors (Lipinski definition) is 5. The minimum Gasteiger partial charge on any atom is -0.464 e. The quantitative estimate of drug-likeness (QED) is 0.819. The molecule has 1 saturated heterocycles. The van der Waals surface area contributed by atoms with Crippen LogP contribution in [-0.2, 0) is 9.53 Å². The second-order valence-electron chi connectivity index (χ2n) is 5.05. The predicted molar refractivity (Wildman–Crippen MR) is 77.3 cm³/mol. The van der Waals surface area contributed by atoms with Crippen LogP contribution < -0.4 is 4.87 Å². The van der Waals surface area contributed by atoms with Gasteiger partial charge in [0.15, 0.2) is 0 Å². The summed E-state index contributed by atoms with van der Waals surface area (Å²) < 4.78 is 18.3. The first kappa shape index (κ1) is 13.1. The largest absolute Gasteiger partial charge is 0.464 e. The summed E-state index contributed by atoms with van der Waals surface area (Å²) in [5.74, 6) is -1.13. The van der Waals surface area contributed by atoms with Crippen molar-refractivity contribution in [3.63, 3.8) is 0 Å². The lowest BCUT2D eigenvalue weighted by Crippen LogP contribution is -2.29. The molecular weight excluding hydrogens is 313 g/mol. The summed E-state index contributed by atoms with van der Waals surface area (Å²) in [6.45, 7) is 0.350. The molecule has 3 atom stereocenters. The number of halogens is 1. The van der Waals surface area contributed by atoms with Gasteiger partial charge in [-0.3, -0.25) is 9.59 Å². The number of fused-ring (bicyclic) bond motifs is 2. The highest BCUT2D eigenvalue weighted by Gasteiger charge is 2.49. The number of esters is 1. The van der Waals surface area contributed by atoms with Crippen molar-refractivity contribution in [1.82, 2.24) is 4.98 Å². The number of rotatable bonds is 1. The molecule has 7 heteroatoms. The highest BCUT2D eigenvalue weighted by Crippen LogP contribution is 2.51. The van der Waals surface area contributed by atoms with E-state index in [-0.39, 0.29) is 33.7 Å². The Morgan fingerprint density at radius 2 is 2.00 bits per heavy atom. The van der Waals surface area contributed by atoms with E-state index in [0.717, 1.165) is 26.8 Å². The van der Waals surface area contributed by atoms with Gasteiger partial charge in [-0.2, -0.15) is 0 Å². The van der Waals surface area contributed by atoms with Crippen LogP contribution in [-0.4, -0.2) is 22.8 Å². The number of aromatic amines is 1. The fraction of sp³-hybridized carbons (Fsp3) is 0.286. The fourth-order valence-corrected chi connectivity index (χ4v) is 5.42. The second kappa shape index (κ2) is 4.71. The van der Waals surface area contributed by atoms with E-state index in [1.165, 1.54) is 23.9 Å². The van der Waals surface area contributed by atoms with Crippen LogP contribution >= 0.6 is 23.1 Å². The van der Waals surface area contributed by atoms with E-state index in [2.05, 4.69) is 4.98 Å². The molecule has 4 nitrogen and oxygen atoms in total. The summed E-state index contributed by atoms with van der Waals surface area (Å²) in [6, 6.07) is 6.10. The molecule has 108 valence electrons. The van der Waals surface area contributed by atoms with Crippen molar-refractivity contribution in [3.8, 4) is 0 Å². The van der Waals surface area contributed by atoms with Gasteiger partial charge in [0.05, 0.1) is 16.2 Å². The molecule has 2 aliphatic rings. The summed E-state index contributed by atoms with van der Waals surface area (Å²) in [5, 5.41) is 0.796. The number of hydrogen-bond donors (Lipinski definition) is 1. The Balaban J connectivity index is 1.89. The molecular formula is C14H10FNO3S2. The summed E-state index contributed by atoms with van der Waals surface area (Å²) in [4.78, 5) is 27.3. The normalized spacial score (nSPS) is 27.1. The number of benzene rings is 1. The first-order chi connectivity index (χ1) is 10.1. The van der Waals surface area contributed by atoms with Crippen molar-refractivity contribution in [1.29, 1.82) is 0 Å². The van der Waals surface area contributed by atoms with Gasteiger partial charge in [-0.15, -0.1) is 0 Å². The van der Waals surface area contributed by atoms with E-state index in [4.69, 9.17) is 4.74 Å². The molecule has 0 unspecified atom stereocenters. The van der Waals surface area contributed by atoms with Gasteiger partial charge in [0.1, 0.15) is 12.4 Å². The first-order valence-electron chi connectivity index (χ1n) is 6.45. The molecule has 1 N–H and O–H groups in total. The maximum Gasteiger partial charge on any atom is 0.311 e. The van der Waals surface area contributed by atoms with Crippen molar-refractivity contribution in [2.24, 2.45) is 5.92 Å². The number of H-pyrrole nitrogens is 1. The number of carbonyl (C=O) groups is 1. The topological polar surface area (TPSA) is 59.2 Å². The standard InChI is InChI=1S/C14H10FNO3S2/c15-7-3-1-6(2-4-7)9-10-8(5-19-13(10)17)20-12-11(9)21-14(18)16-12/h1-4,8-10H,5H2,(H,16,18)/t8-,9+,10+/m0/s1. The SMILES string of the molecule is O=C1OC[C@@H]2Sc3[nH]c(=O)sc3[C@H](c3ccc(F)cc3)[C@H]12. The first-order valence-corrected chi connectivity index (χ1v) is 8.15. The lowest BCUT2D eigenvalue weighted by molar-refractivity contribution is -0.141. The van der Waals surface area contributed by atoms with Gasteiger partial charge in [0.25, 0.3) is 0 Å². The Bertz CT molecular complexity index is 767. The van der Waals surface area contributed by atoms with Gasteiger partial charge in [0, 0.05) is 10.8 Å². The average molecular weight is 323 g/mol. The molecule has 1 aromatic carbocycles. The molecule has 0 radical (unpaired) electrons. The van der Waals surface area contributed by atoms with Crippen molar-refractivity contribution in [2.45, 2.75) is 16.2 Å². The van der Waals surface area contributed by atoms with Crippen LogP contribution in [0.15, 0.2) is 34.1 Å². The third-order valence-corrected chi connectivity index (χ3v) is 6.23. The molecule has 1 fully saturated rings. The van der Waals surface area contributed by atoms with Crippen molar-refractivity contribution >= 4 is 29.1 Å². The zero-order chi connectivity index (χ0) is 14.6. The summed E-state index contributed by atoms with van der Waals surface area (Å²) in [7, 11) is 0. The number of cyclic esters (lactones) is 1. The van der Waals surface area contributed by atoms with Gasteiger partial charge >= 0.3 is 10.8 Å². The molecule has 0 bridgehead atoms. The Morgan fingerprint density at radius 3 is 2.76 bits per heavy atom. The van der Waals surface area contributed by atoms with Gasteiger partial charge in [0.2, 0.25) is 0 Å². The molecule has 3 heterocycles. The van der Waals surface area contributed by atoms with E-state index < -0.39 is 0 Å². The summed E-state index contributed by atoms with van der Waals surface area (Å²) >= 11 is 2.60. The number of ether oxygens (including phenoxy) is 1. The zero-order valence-corrected chi connectivity index (χ0v) is 12.3. The van der Waals surface area contributed by atoms with E-state index in [9.17, 15) is 14.0 Å². The average Bonchev–Trinajstić information content (AvgIpc) is 3.00. The van der Waals surface area contributed by atoms with Gasteiger partial charge in [-0.05, 0) is 17.7 Å². The number of thiazole rings is 1. The van der Waals surface area contributed by atoms with E-state index in [1.54, 1.807) is 12.1 Å². The minimum absolute atomic E-state index is 0.00898. The molecule has 0 amide bonds. The van der Waals surface area contributed by atoms with Crippen molar-refractivity contribution in [3.05, 3.63) is 50.2 Å². The summed E-state index contributed by atoms with van der Waals surface area (Å²) in [5.41, 5.74) is 0.835. The molecule has 2 aliphatic heterocycles. The minimum atomic E-state index is -0.322. The van der Waals surface area contributed by atoms with Crippen LogP contribution in [0.1, 0.15) is 16.4 Å². The third kappa shape index (κ3) is 2.03. The lowest BCUT2D eigenvalue weighted by Gasteiger charge is -2.29. The number of nitrogens with one attached hydrogen (secondary N) is 1. The molecule has 0 spiro atoms. The molecule has 4 rings (SSSR count). The zero-order valence-electron chi connectivity index (χ0n) is 10.7. The van der Waals surface area contributed by atoms with Crippen LogP contribution in [0, 0.1) is 11.7 Å². The Morgan fingerprint density at radius 1 is 1.24 bits per heavy atom. The Hall–Kier alpha value is -1.60. The van der Waals surface area contributed by atoms with E-state index in [1.807, 2.05) is 0 Å². The van der Waals surface area contributed by atoms with Crippen LogP contribution in [0.5, 0.6) is 0 Å². The molecule has 21 heavy (non-hydrogen) atoms. The Labute approximate surface area is 127 Å². The van der Waals surface area contributed by atoms with Gasteiger partial charge in [-0.1, -0.05) is 35.2 Å². The van der Waals surface area contributed by atoms with E-state index >= 15 is 0 Å². The molecule has 0 aliphatic carbocycles. The Kier molecular flexibility index (Phi) is 2.93. The maximum atomic E-state index is 13.1. The van der Waals surface area contributed by atoms with Crippen molar-refractivity contribution < 1.29 is 13.9 Å². The predicted octanol–water partition coefficient (Wildman–Crippen LogP) is 2.35. The monoisotopic (exact) mass is 323 g/mol. The highest BCUT2D eigenvalue weighted by atomic mass is 32.2. The highest BCUT2D eigenvalue weighted by molar-refractivity contribution is 8.00. The maximum absolute atomic E-state index is 13.1. The van der Waals surface area contributed by atoms with E-state index in [0.29, 0.717) is 6.61 Å². The fourth-order valence-electron chi connectivity index (χ4n) is 2.94. The molecule has 0 saturated carbocycles. The van der Waals surface area contributed by atoms with Crippen LogP contribution in [0.25, 0.3) is 0 Å².